The molecular formula is C20H23N5O2. The molecule has 7 nitrogen and oxygen atoms in total. The van der Waals surface area contributed by atoms with Gasteiger partial charge in [0, 0.05) is 25.1 Å². The van der Waals surface area contributed by atoms with Gasteiger partial charge in [0.05, 0.1) is 12.2 Å². The molecule has 1 amide bonds. The molecule has 0 spiro atoms. The quantitative estimate of drug-likeness (QED) is 0.711. The summed E-state index contributed by atoms with van der Waals surface area (Å²) in [5, 5.41) is 0. The van der Waals surface area contributed by atoms with E-state index in [1.165, 1.54) is 0 Å². The number of nitrogens with zero attached hydrogens (tertiary/aromatic N) is 5. The van der Waals surface area contributed by atoms with Gasteiger partial charge in [-0.1, -0.05) is 13.0 Å². The first-order chi connectivity index (χ1) is 13.2. The standard InChI is InChI=1S/C20H23N5O2/c1-3-15-11-21-20(22-12-15)27-16-7-6-9-24(13-16)19(26)18-14(2)23-17-8-4-5-10-25(17)18/h4-5,8,10-12,16H,3,6-7,9,13H2,1-2H3. The van der Waals surface area contributed by atoms with Crippen LogP contribution in [0.15, 0.2) is 36.8 Å². The van der Waals surface area contributed by atoms with Gasteiger partial charge in [-0.15, -0.1) is 0 Å². The third-order valence-electron chi connectivity index (χ3n) is 4.93. The van der Waals surface area contributed by atoms with Crippen LogP contribution >= 0.6 is 0 Å². The third kappa shape index (κ3) is 3.49. The van der Waals surface area contributed by atoms with Crippen LogP contribution in [0.4, 0.5) is 0 Å². The molecule has 140 valence electrons. The van der Waals surface area contributed by atoms with E-state index in [4.69, 9.17) is 4.74 Å². The number of ether oxygens (including phenoxy) is 1. The van der Waals surface area contributed by atoms with Crippen LogP contribution in [0.1, 0.15) is 41.5 Å². The first-order valence-corrected chi connectivity index (χ1v) is 9.36. The molecule has 4 rings (SSSR count). The van der Waals surface area contributed by atoms with E-state index in [-0.39, 0.29) is 12.0 Å². The largest absolute Gasteiger partial charge is 0.458 e. The zero-order chi connectivity index (χ0) is 18.8. The van der Waals surface area contributed by atoms with Gasteiger partial charge in [-0.05, 0) is 43.9 Å². The second-order valence-corrected chi connectivity index (χ2v) is 6.84. The molecule has 0 N–H and O–H groups in total. The van der Waals surface area contributed by atoms with Gasteiger partial charge in [0.2, 0.25) is 0 Å². The predicted octanol–water partition coefficient (Wildman–Crippen LogP) is 2.68. The van der Waals surface area contributed by atoms with Crippen molar-refractivity contribution in [3.8, 4) is 6.01 Å². The van der Waals surface area contributed by atoms with Crippen LogP contribution in [-0.4, -0.2) is 49.4 Å². The van der Waals surface area contributed by atoms with Crippen LogP contribution in [0.25, 0.3) is 5.65 Å². The van der Waals surface area contributed by atoms with Crippen molar-refractivity contribution < 1.29 is 9.53 Å². The summed E-state index contributed by atoms with van der Waals surface area (Å²) in [6, 6.07) is 6.11. The van der Waals surface area contributed by atoms with Crippen LogP contribution in [0, 0.1) is 6.92 Å². The van der Waals surface area contributed by atoms with Crippen molar-refractivity contribution in [2.75, 3.05) is 13.1 Å². The number of carbonyl (C=O) groups excluding carboxylic acids is 1. The zero-order valence-electron chi connectivity index (χ0n) is 15.6. The first kappa shape index (κ1) is 17.5. The number of fused-ring (bicyclic) bond motifs is 1. The number of pyridine rings is 1. The molecule has 0 aliphatic carbocycles. The molecule has 1 aliphatic rings. The van der Waals surface area contributed by atoms with Crippen LogP contribution in [-0.2, 0) is 6.42 Å². The van der Waals surface area contributed by atoms with Crippen LogP contribution in [0.5, 0.6) is 6.01 Å². The summed E-state index contributed by atoms with van der Waals surface area (Å²) < 4.78 is 7.79. The van der Waals surface area contributed by atoms with E-state index < -0.39 is 0 Å². The fraction of sp³-hybridized carbons (Fsp3) is 0.400. The summed E-state index contributed by atoms with van der Waals surface area (Å²) >= 11 is 0. The highest BCUT2D eigenvalue weighted by Gasteiger charge is 2.29. The molecule has 0 saturated carbocycles. The summed E-state index contributed by atoms with van der Waals surface area (Å²) in [5.41, 5.74) is 3.22. The van der Waals surface area contributed by atoms with Gasteiger partial charge >= 0.3 is 6.01 Å². The molecule has 1 fully saturated rings. The molecule has 0 bridgehead atoms. The number of rotatable bonds is 4. The highest BCUT2D eigenvalue weighted by Crippen LogP contribution is 2.20. The fourth-order valence-electron chi connectivity index (χ4n) is 3.48. The van der Waals surface area contributed by atoms with Crippen molar-refractivity contribution >= 4 is 11.6 Å². The Balaban J connectivity index is 1.50. The molecule has 1 unspecified atom stereocenters. The normalized spacial score (nSPS) is 17.3. The van der Waals surface area contributed by atoms with Gasteiger partial charge in [-0.25, -0.2) is 15.0 Å². The van der Waals surface area contributed by atoms with Crippen molar-refractivity contribution in [3.63, 3.8) is 0 Å². The van der Waals surface area contributed by atoms with E-state index in [1.807, 2.05) is 40.6 Å². The first-order valence-electron chi connectivity index (χ1n) is 9.36. The fourth-order valence-corrected chi connectivity index (χ4v) is 3.48. The van der Waals surface area contributed by atoms with Crippen LogP contribution in [0.3, 0.4) is 0 Å². The third-order valence-corrected chi connectivity index (χ3v) is 4.93. The van der Waals surface area contributed by atoms with Gasteiger partial charge < -0.3 is 9.64 Å². The second-order valence-electron chi connectivity index (χ2n) is 6.84. The average Bonchev–Trinajstić information content (AvgIpc) is 3.04. The van der Waals surface area contributed by atoms with Gasteiger partial charge in [0.15, 0.2) is 0 Å². The molecular weight excluding hydrogens is 342 g/mol. The number of aryl methyl sites for hydroxylation is 2. The molecule has 27 heavy (non-hydrogen) atoms. The van der Waals surface area contributed by atoms with Crippen molar-refractivity contribution in [1.29, 1.82) is 0 Å². The molecule has 1 atom stereocenters. The Bertz CT molecular complexity index is 951. The molecule has 3 aromatic rings. The van der Waals surface area contributed by atoms with E-state index in [2.05, 4.69) is 21.9 Å². The molecule has 0 aromatic carbocycles. The summed E-state index contributed by atoms with van der Waals surface area (Å²) in [7, 11) is 0. The summed E-state index contributed by atoms with van der Waals surface area (Å²) in [6.45, 7) is 5.18. The number of imidazole rings is 1. The number of hydrogen-bond donors (Lipinski definition) is 0. The van der Waals surface area contributed by atoms with E-state index in [0.29, 0.717) is 24.8 Å². The van der Waals surface area contributed by atoms with Gasteiger partial charge in [-0.2, -0.15) is 0 Å². The maximum absolute atomic E-state index is 13.2. The Hall–Kier alpha value is -2.96. The lowest BCUT2D eigenvalue weighted by molar-refractivity contribution is 0.0509. The molecule has 4 heterocycles. The maximum Gasteiger partial charge on any atom is 0.316 e. The topological polar surface area (TPSA) is 72.6 Å². The van der Waals surface area contributed by atoms with E-state index >= 15 is 0 Å². The lowest BCUT2D eigenvalue weighted by Gasteiger charge is -2.32. The summed E-state index contributed by atoms with van der Waals surface area (Å²) in [4.78, 5) is 28.0. The van der Waals surface area contributed by atoms with Crippen molar-refractivity contribution in [1.82, 2.24) is 24.3 Å². The highest BCUT2D eigenvalue weighted by atomic mass is 16.5. The Morgan fingerprint density at radius 1 is 1.30 bits per heavy atom. The van der Waals surface area contributed by atoms with Crippen LogP contribution in [0.2, 0.25) is 0 Å². The number of piperidine rings is 1. The monoisotopic (exact) mass is 365 g/mol. The smallest absolute Gasteiger partial charge is 0.316 e. The number of aromatic nitrogens is 4. The Labute approximate surface area is 158 Å². The highest BCUT2D eigenvalue weighted by molar-refractivity contribution is 5.94. The number of hydrogen-bond acceptors (Lipinski definition) is 5. The second kappa shape index (κ2) is 7.34. The molecule has 3 aromatic heterocycles. The van der Waals surface area contributed by atoms with Gasteiger partial charge in [0.25, 0.3) is 5.91 Å². The van der Waals surface area contributed by atoms with Crippen molar-refractivity contribution in [3.05, 3.63) is 53.7 Å². The van der Waals surface area contributed by atoms with Gasteiger partial charge in [0.1, 0.15) is 17.4 Å². The van der Waals surface area contributed by atoms with E-state index in [9.17, 15) is 4.79 Å². The molecule has 1 saturated heterocycles. The van der Waals surface area contributed by atoms with Crippen molar-refractivity contribution in [2.24, 2.45) is 0 Å². The number of carbonyl (C=O) groups is 1. The molecule has 1 aliphatic heterocycles. The van der Waals surface area contributed by atoms with E-state index in [0.717, 1.165) is 36.2 Å². The Kier molecular flexibility index (Phi) is 4.75. The van der Waals surface area contributed by atoms with Crippen molar-refractivity contribution in [2.45, 2.75) is 39.2 Å². The molecule has 0 radical (unpaired) electrons. The minimum Gasteiger partial charge on any atom is -0.458 e. The average molecular weight is 365 g/mol. The van der Waals surface area contributed by atoms with Crippen LogP contribution < -0.4 is 4.74 Å². The Morgan fingerprint density at radius 3 is 2.89 bits per heavy atom. The number of amides is 1. The SMILES string of the molecule is CCc1cnc(OC2CCCN(C(=O)c3c(C)nc4ccccn34)C2)nc1. The minimum absolute atomic E-state index is 0.0123. The van der Waals surface area contributed by atoms with E-state index in [1.54, 1.807) is 12.4 Å². The lowest BCUT2D eigenvalue weighted by atomic mass is 10.1. The summed E-state index contributed by atoms with van der Waals surface area (Å²) in [5.74, 6) is -0.0123. The molecule has 7 heteroatoms. The zero-order valence-corrected chi connectivity index (χ0v) is 15.6. The minimum atomic E-state index is -0.102. The Morgan fingerprint density at radius 2 is 2.11 bits per heavy atom. The predicted molar refractivity (Wildman–Crippen MR) is 101 cm³/mol. The maximum atomic E-state index is 13.2. The summed E-state index contributed by atoms with van der Waals surface area (Å²) in [6.07, 6.45) is 8.02. The lowest BCUT2D eigenvalue weighted by Crippen LogP contribution is -2.45. The number of likely N-dealkylation sites (tertiary alicyclic amines) is 1. The van der Waals surface area contributed by atoms with Gasteiger partial charge in [-0.3, -0.25) is 9.20 Å².